The van der Waals surface area contributed by atoms with E-state index in [0.717, 1.165) is 17.7 Å². The summed E-state index contributed by atoms with van der Waals surface area (Å²) in [6.07, 6.45) is 3.08. The molecule has 0 radical (unpaired) electrons. The Kier molecular flexibility index (Phi) is 2.53. The summed E-state index contributed by atoms with van der Waals surface area (Å²) < 4.78 is 5.26. The molecular weight excluding hydrogens is 200 g/mol. The van der Waals surface area contributed by atoms with E-state index in [1.807, 2.05) is 12.1 Å². The highest BCUT2D eigenvalue weighted by Crippen LogP contribution is 2.40. The van der Waals surface area contributed by atoms with Crippen molar-refractivity contribution in [2.75, 3.05) is 0 Å². The van der Waals surface area contributed by atoms with Crippen molar-refractivity contribution in [3.8, 4) is 0 Å². The van der Waals surface area contributed by atoms with Crippen LogP contribution in [0.5, 0.6) is 0 Å². The number of fused-ring (bicyclic) bond motifs is 1. The maximum Gasteiger partial charge on any atom is 0.336 e. The second-order valence-electron chi connectivity index (χ2n) is 5.60. The highest BCUT2D eigenvalue weighted by atomic mass is 16.4. The minimum atomic E-state index is -0.266. The Morgan fingerprint density at radius 3 is 2.62 bits per heavy atom. The van der Waals surface area contributed by atoms with Crippen molar-refractivity contribution < 1.29 is 4.42 Å². The minimum absolute atomic E-state index is 0.139. The Labute approximate surface area is 96.0 Å². The third-order valence-corrected chi connectivity index (χ3v) is 3.22. The molecule has 0 N–H and O–H groups in total. The van der Waals surface area contributed by atoms with Crippen LogP contribution in [0, 0.1) is 5.41 Å². The van der Waals surface area contributed by atoms with E-state index in [4.69, 9.17) is 4.42 Å². The van der Waals surface area contributed by atoms with Gasteiger partial charge < -0.3 is 4.42 Å². The summed E-state index contributed by atoms with van der Waals surface area (Å²) in [7, 11) is 0. The van der Waals surface area contributed by atoms with Gasteiger partial charge in [0.15, 0.2) is 0 Å². The van der Waals surface area contributed by atoms with Crippen LogP contribution in [0.2, 0.25) is 0 Å². The van der Waals surface area contributed by atoms with E-state index in [1.165, 1.54) is 11.6 Å². The van der Waals surface area contributed by atoms with Crippen LogP contribution in [-0.4, -0.2) is 0 Å². The summed E-state index contributed by atoms with van der Waals surface area (Å²) >= 11 is 0. The van der Waals surface area contributed by atoms with Crippen molar-refractivity contribution in [3.63, 3.8) is 0 Å². The zero-order valence-corrected chi connectivity index (χ0v) is 10.3. The Bertz CT molecular complexity index is 486. The third-order valence-electron chi connectivity index (χ3n) is 3.22. The predicted octanol–water partition coefficient (Wildman–Crippen LogP) is 3.58. The van der Waals surface area contributed by atoms with Gasteiger partial charge in [0.25, 0.3) is 0 Å². The monoisotopic (exact) mass is 218 g/mol. The average molecular weight is 218 g/mol. The molecule has 2 rings (SSSR count). The second-order valence-corrected chi connectivity index (χ2v) is 5.60. The SMILES string of the molecule is CC1CC(C(C)(C)C)=Cc2oc(=O)ccc21. The van der Waals surface area contributed by atoms with Gasteiger partial charge in [-0.2, -0.15) is 0 Å². The molecule has 1 unspecified atom stereocenters. The van der Waals surface area contributed by atoms with Crippen LogP contribution < -0.4 is 5.63 Å². The van der Waals surface area contributed by atoms with E-state index in [0.29, 0.717) is 5.92 Å². The first-order chi connectivity index (χ1) is 7.38. The molecule has 0 saturated heterocycles. The van der Waals surface area contributed by atoms with Gasteiger partial charge in [0.05, 0.1) is 0 Å². The van der Waals surface area contributed by atoms with Gasteiger partial charge in [0.2, 0.25) is 0 Å². The number of hydrogen-bond acceptors (Lipinski definition) is 2. The Hall–Kier alpha value is -1.31. The largest absolute Gasteiger partial charge is 0.423 e. The zero-order chi connectivity index (χ0) is 11.9. The molecule has 0 saturated carbocycles. The van der Waals surface area contributed by atoms with E-state index in [2.05, 4.69) is 27.7 Å². The minimum Gasteiger partial charge on any atom is -0.423 e. The van der Waals surface area contributed by atoms with Crippen LogP contribution in [0.4, 0.5) is 0 Å². The summed E-state index contributed by atoms with van der Waals surface area (Å²) in [5, 5.41) is 0. The number of rotatable bonds is 0. The molecule has 1 heterocycles. The fourth-order valence-electron chi connectivity index (χ4n) is 2.14. The zero-order valence-electron chi connectivity index (χ0n) is 10.3. The fraction of sp³-hybridized carbons (Fsp3) is 0.500. The van der Waals surface area contributed by atoms with Crippen molar-refractivity contribution in [3.05, 3.63) is 39.4 Å². The normalized spacial score (nSPS) is 20.2. The lowest BCUT2D eigenvalue weighted by atomic mass is 9.76. The van der Waals surface area contributed by atoms with Crippen molar-refractivity contribution in [2.45, 2.75) is 40.0 Å². The van der Waals surface area contributed by atoms with Crippen molar-refractivity contribution in [1.82, 2.24) is 0 Å². The number of hydrogen-bond donors (Lipinski definition) is 0. The van der Waals surface area contributed by atoms with Gasteiger partial charge in [-0.3, -0.25) is 0 Å². The van der Waals surface area contributed by atoms with Crippen LogP contribution in [0.25, 0.3) is 6.08 Å². The Balaban J connectivity index is 2.55. The molecule has 1 aromatic heterocycles. The molecule has 2 heteroatoms. The summed E-state index contributed by atoms with van der Waals surface area (Å²) in [6, 6.07) is 3.40. The topological polar surface area (TPSA) is 30.2 Å². The van der Waals surface area contributed by atoms with Gasteiger partial charge in [-0.25, -0.2) is 4.79 Å². The predicted molar refractivity (Wildman–Crippen MR) is 65.4 cm³/mol. The van der Waals surface area contributed by atoms with E-state index in [1.54, 1.807) is 0 Å². The summed E-state index contributed by atoms with van der Waals surface area (Å²) in [5.41, 5.74) is 2.37. The third kappa shape index (κ3) is 1.97. The van der Waals surface area contributed by atoms with E-state index in [-0.39, 0.29) is 11.0 Å². The first-order valence-electron chi connectivity index (χ1n) is 5.73. The number of allylic oxidation sites excluding steroid dienone is 1. The van der Waals surface area contributed by atoms with Crippen molar-refractivity contribution >= 4 is 6.08 Å². The van der Waals surface area contributed by atoms with Crippen molar-refractivity contribution in [1.29, 1.82) is 0 Å². The van der Waals surface area contributed by atoms with Gasteiger partial charge >= 0.3 is 5.63 Å². The second kappa shape index (κ2) is 3.62. The molecule has 1 aromatic rings. The van der Waals surface area contributed by atoms with E-state index >= 15 is 0 Å². The van der Waals surface area contributed by atoms with E-state index in [9.17, 15) is 4.79 Å². The molecule has 86 valence electrons. The molecule has 0 fully saturated rings. The molecule has 1 atom stereocenters. The molecular formula is C14H18O2. The van der Waals surface area contributed by atoms with Crippen LogP contribution in [0.3, 0.4) is 0 Å². The molecule has 0 bridgehead atoms. The van der Waals surface area contributed by atoms with E-state index < -0.39 is 0 Å². The lowest BCUT2D eigenvalue weighted by molar-refractivity contribution is 0.444. The Morgan fingerprint density at radius 2 is 2.00 bits per heavy atom. The smallest absolute Gasteiger partial charge is 0.336 e. The highest BCUT2D eigenvalue weighted by Gasteiger charge is 2.26. The first kappa shape index (κ1) is 11.2. The maximum absolute atomic E-state index is 11.2. The molecule has 0 amide bonds. The molecule has 1 aliphatic rings. The molecule has 0 aliphatic heterocycles. The highest BCUT2D eigenvalue weighted by molar-refractivity contribution is 5.56. The average Bonchev–Trinajstić information content (AvgIpc) is 2.15. The fourth-order valence-corrected chi connectivity index (χ4v) is 2.14. The van der Waals surface area contributed by atoms with Crippen LogP contribution in [-0.2, 0) is 0 Å². The van der Waals surface area contributed by atoms with Crippen LogP contribution >= 0.6 is 0 Å². The van der Waals surface area contributed by atoms with Gasteiger partial charge in [0, 0.05) is 6.07 Å². The quantitative estimate of drug-likeness (QED) is 0.666. The maximum atomic E-state index is 11.2. The molecule has 0 aromatic carbocycles. The standard InChI is InChI=1S/C14H18O2/c1-9-7-10(14(2,3)4)8-12-11(9)5-6-13(15)16-12/h5-6,8-9H,7H2,1-4H3. The molecule has 16 heavy (non-hydrogen) atoms. The summed E-state index contributed by atoms with van der Waals surface area (Å²) in [5.74, 6) is 1.18. The molecule has 1 aliphatic carbocycles. The van der Waals surface area contributed by atoms with Crippen LogP contribution in [0.15, 0.2) is 26.9 Å². The van der Waals surface area contributed by atoms with Gasteiger partial charge in [-0.15, -0.1) is 0 Å². The van der Waals surface area contributed by atoms with Gasteiger partial charge in [0.1, 0.15) is 5.76 Å². The molecule has 2 nitrogen and oxygen atoms in total. The molecule has 0 spiro atoms. The summed E-state index contributed by atoms with van der Waals surface area (Å²) in [4.78, 5) is 11.2. The first-order valence-corrected chi connectivity index (χ1v) is 5.73. The Morgan fingerprint density at radius 1 is 1.31 bits per heavy atom. The van der Waals surface area contributed by atoms with Crippen molar-refractivity contribution in [2.24, 2.45) is 5.41 Å². The summed E-state index contributed by atoms with van der Waals surface area (Å²) in [6.45, 7) is 8.75. The van der Waals surface area contributed by atoms with Gasteiger partial charge in [-0.05, 0) is 35.5 Å². The lowest BCUT2D eigenvalue weighted by Crippen LogP contribution is -2.16. The lowest BCUT2D eigenvalue weighted by Gasteiger charge is -2.29. The van der Waals surface area contributed by atoms with Gasteiger partial charge in [-0.1, -0.05) is 33.3 Å². The van der Waals surface area contributed by atoms with Crippen LogP contribution in [0.1, 0.15) is 51.4 Å².